The molecule has 0 atom stereocenters. The van der Waals surface area contributed by atoms with Crippen LogP contribution in [0.1, 0.15) is 25.3 Å². The second-order valence-corrected chi connectivity index (χ2v) is 11.2. The predicted molar refractivity (Wildman–Crippen MR) is 116 cm³/mol. The van der Waals surface area contributed by atoms with Crippen molar-refractivity contribution in [1.29, 1.82) is 0 Å². The SMILES string of the molecule is CC(C)c1ccc(S(=O)(=O)c2ccc(N(C)C)cc2S(=O)(=O)c2ccccn2)cc1. The van der Waals surface area contributed by atoms with Gasteiger partial charge in [0.15, 0.2) is 5.03 Å². The molecule has 30 heavy (non-hydrogen) atoms. The average Bonchev–Trinajstić information content (AvgIpc) is 2.74. The summed E-state index contributed by atoms with van der Waals surface area (Å²) in [4.78, 5) is 5.13. The van der Waals surface area contributed by atoms with E-state index in [1.807, 2.05) is 13.8 Å². The van der Waals surface area contributed by atoms with E-state index in [-0.39, 0.29) is 25.6 Å². The molecule has 2 aromatic carbocycles. The average molecular weight is 445 g/mol. The molecule has 6 nitrogen and oxygen atoms in total. The molecule has 1 heterocycles. The fourth-order valence-electron chi connectivity index (χ4n) is 2.98. The van der Waals surface area contributed by atoms with Gasteiger partial charge in [-0.15, -0.1) is 0 Å². The van der Waals surface area contributed by atoms with Gasteiger partial charge < -0.3 is 4.90 Å². The fourth-order valence-corrected chi connectivity index (χ4v) is 6.25. The summed E-state index contributed by atoms with van der Waals surface area (Å²) >= 11 is 0. The topological polar surface area (TPSA) is 84.4 Å². The lowest BCUT2D eigenvalue weighted by Crippen LogP contribution is -2.15. The monoisotopic (exact) mass is 444 g/mol. The number of pyridine rings is 1. The van der Waals surface area contributed by atoms with E-state index in [9.17, 15) is 16.8 Å². The van der Waals surface area contributed by atoms with E-state index >= 15 is 0 Å². The van der Waals surface area contributed by atoms with Crippen LogP contribution in [0.3, 0.4) is 0 Å². The van der Waals surface area contributed by atoms with Crippen LogP contribution in [0.2, 0.25) is 0 Å². The number of aromatic nitrogens is 1. The highest BCUT2D eigenvalue weighted by Gasteiger charge is 2.30. The smallest absolute Gasteiger partial charge is 0.225 e. The van der Waals surface area contributed by atoms with Crippen molar-refractivity contribution in [2.45, 2.75) is 39.5 Å². The van der Waals surface area contributed by atoms with Crippen molar-refractivity contribution < 1.29 is 16.8 Å². The highest BCUT2D eigenvalue weighted by atomic mass is 32.2. The van der Waals surface area contributed by atoms with Gasteiger partial charge in [-0.3, -0.25) is 0 Å². The first-order valence-corrected chi connectivity index (χ1v) is 12.3. The third kappa shape index (κ3) is 4.11. The lowest BCUT2D eigenvalue weighted by atomic mass is 10.0. The van der Waals surface area contributed by atoms with Crippen LogP contribution in [0.25, 0.3) is 0 Å². The van der Waals surface area contributed by atoms with Gasteiger partial charge in [0, 0.05) is 26.0 Å². The first kappa shape index (κ1) is 22.0. The van der Waals surface area contributed by atoms with Crippen molar-refractivity contribution in [3.8, 4) is 0 Å². The Kier molecular flexibility index (Phi) is 6.01. The van der Waals surface area contributed by atoms with Crippen LogP contribution in [0, 0.1) is 0 Å². The Morgan fingerprint density at radius 1 is 0.800 bits per heavy atom. The maximum atomic E-state index is 13.4. The number of nitrogens with zero attached hydrogens (tertiary/aromatic N) is 2. The first-order chi connectivity index (χ1) is 14.0. The van der Waals surface area contributed by atoms with E-state index in [4.69, 9.17) is 0 Å². The summed E-state index contributed by atoms with van der Waals surface area (Å²) in [5.74, 6) is 0.251. The van der Waals surface area contributed by atoms with Gasteiger partial charge in [-0.2, -0.15) is 0 Å². The molecule has 0 saturated heterocycles. The molecule has 8 heteroatoms. The third-order valence-electron chi connectivity index (χ3n) is 4.79. The second kappa shape index (κ2) is 8.20. The number of hydrogen-bond donors (Lipinski definition) is 0. The summed E-state index contributed by atoms with van der Waals surface area (Å²) in [6.45, 7) is 4.03. The molecule has 0 unspecified atom stereocenters. The Bertz CT molecular complexity index is 1250. The van der Waals surface area contributed by atoms with Gasteiger partial charge in [0.2, 0.25) is 19.7 Å². The van der Waals surface area contributed by atoms with Gasteiger partial charge in [-0.1, -0.05) is 32.0 Å². The van der Waals surface area contributed by atoms with Gasteiger partial charge in [0.25, 0.3) is 0 Å². The summed E-state index contributed by atoms with van der Waals surface area (Å²) in [5, 5.41) is -0.201. The second-order valence-electron chi connectivity index (χ2n) is 7.42. The molecule has 1 aromatic heterocycles. The van der Waals surface area contributed by atoms with Crippen molar-refractivity contribution in [1.82, 2.24) is 4.98 Å². The summed E-state index contributed by atoms with van der Waals surface area (Å²) in [6.07, 6.45) is 1.36. The first-order valence-electron chi connectivity index (χ1n) is 9.37. The zero-order chi connectivity index (χ0) is 22.1. The minimum Gasteiger partial charge on any atom is -0.378 e. The van der Waals surface area contributed by atoms with Crippen LogP contribution in [0.4, 0.5) is 5.69 Å². The molecular weight excluding hydrogens is 420 g/mol. The van der Waals surface area contributed by atoms with Crippen LogP contribution in [0.15, 0.2) is 86.6 Å². The Balaban J connectivity index is 2.24. The van der Waals surface area contributed by atoms with Crippen molar-refractivity contribution in [2.75, 3.05) is 19.0 Å². The largest absolute Gasteiger partial charge is 0.378 e. The molecule has 0 amide bonds. The van der Waals surface area contributed by atoms with E-state index in [1.165, 1.54) is 36.5 Å². The summed E-state index contributed by atoms with van der Waals surface area (Å²) in [6, 6.07) is 15.3. The molecule has 0 aliphatic rings. The van der Waals surface area contributed by atoms with Crippen LogP contribution in [-0.2, 0) is 19.7 Å². The molecule has 0 aliphatic heterocycles. The van der Waals surface area contributed by atoms with Gasteiger partial charge in [-0.05, 0) is 53.9 Å². The minimum atomic E-state index is -4.16. The van der Waals surface area contributed by atoms with Crippen LogP contribution in [-0.4, -0.2) is 35.9 Å². The molecule has 3 rings (SSSR count). The molecule has 0 N–H and O–H groups in total. The molecule has 0 fully saturated rings. The zero-order valence-electron chi connectivity index (χ0n) is 17.3. The highest BCUT2D eigenvalue weighted by molar-refractivity contribution is 7.94. The van der Waals surface area contributed by atoms with E-state index in [0.717, 1.165) is 5.56 Å². The van der Waals surface area contributed by atoms with Gasteiger partial charge in [0.05, 0.1) is 14.7 Å². The van der Waals surface area contributed by atoms with Gasteiger partial charge in [0.1, 0.15) is 0 Å². The summed E-state index contributed by atoms with van der Waals surface area (Å²) in [7, 11) is -4.72. The molecular formula is C22H24N2O4S2. The Morgan fingerprint density at radius 2 is 1.47 bits per heavy atom. The zero-order valence-corrected chi connectivity index (χ0v) is 18.9. The maximum Gasteiger partial charge on any atom is 0.225 e. The quantitative estimate of drug-likeness (QED) is 0.573. The minimum absolute atomic E-state index is 0.0435. The van der Waals surface area contributed by atoms with Crippen molar-refractivity contribution in [2.24, 2.45) is 0 Å². The molecule has 0 spiro atoms. The number of hydrogen-bond acceptors (Lipinski definition) is 6. The van der Waals surface area contributed by atoms with E-state index in [1.54, 1.807) is 49.3 Å². The Morgan fingerprint density at radius 3 is 2.00 bits per heavy atom. The summed E-state index contributed by atoms with van der Waals surface area (Å²) in [5.41, 5.74) is 1.57. The molecule has 0 radical (unpaired) electrons. The van der Waals surface area contributed by atoms with Gasteiger partial charge >= 0.3 is 0 Å². The molecule has 0 aliphatic carbocycles. The van der Waals surface area contributed by atoms with Crippen LogP contribution in [0.5, 0.6) is 0 Å². The predicted octanol–water partition coefficient (Wildman–Crippen LogP) is 3.94. The number of benzene rings is 2. The van der Waals surface area contributed by atoms with E-state index in [0.29, 0.717) is 5.69 Å². The van der Waals surface area contributed by atoms with Crippen LogP contribution >= 0.6 is 0 Å². The van der Waals surface area contributed by atoms with Crippen molar-refractivity contribution >= 4 is 25.4 Å². The normalized spacial score (nSPS) is 12.2. The Labute approximate surface area is 178 Å². The Hall–Kier alpha value is -2.71. The third-order valence-corrected chi connectivity index (χ3v) is 8.46. The lowest BCUT2D eigenvalue weighted by Gasteiger charge is -2.17. The van der Waals surface area contributed by atoms with E-state index in [2.05, 4.69) is 4.98 Å². The number of rotatable bonds is 6. The molecule has 158 valence electrons. The molecule has 0 bridgehead atoms. The maximum absolute atomic E-state index is 13.4. The molecule has 3 aromatic rings. The summed E-state index contributed by atoms with van der Waals surface area (Å²) < 4.78 is 53.4. The number of anilines is 1. The number of sulfone groups is 2. The van der Waals surface area contributed by atoms with Crippen molar-refractivity contribution in [3.05, 3.63) is 72.4 Å². The van der Waals surface area contributed by atoms with Crippen LogP contribution < -0.4 is 4.90 Å². The van der Waals surface area contributed by atoms with Crippen molar-refractivity contribution in [3.63, 3.8) is 0 Å². The highest BCUT2D eigenvalue weighted by Crippen LogP contribution is 2.33. The fraction of sp³-hybridized carbons (Fsp3) is 0.227. The standard InChI is InChI=1S/C22H24N2O4S2/c1-16(2)17-8-11-19(12-9-17)29(25,26)20-13-10-18(24(3)4)15-21(20)30(27,28)22-7-5-6-14-23-22/h5-16H,1-4H3. The lowest BCUT2D eigenvalue weighted by molar-refractivity contribution is 0.580. The van der Waals surface area contributed by atoms with Gasteiger partial charge in [-0.25, -0.2) is 21.8 Å². The molecule has 0 saturated carbocycles. The van der Waals surface area contributed by atoms with E-state index < -0.39 is 19.7 Å².